The molecule has 11 heteroatoms. The van der Waals surface area contributed by atoms with Crippen LogP contribution < -0.4 is 10.6 Å². The minimum Gasteiger partial charge on any atom is -0.478 e. The number of anilines is 2. The second-order valence-corrected chi connectivity index (χ2v) is 8.90. The summed E-state index contributed by atoms with van der Waals surface area (Å²) in [6.07, 6.45) is 0. The zero-order valence-electron chi connectivity index (χ0n) is 18.7. The Kier molecular flexibility index (Phi) is 8.07. The van der Waals surface area contributed by atoms with E-state index >= 15 is 0 Å². The van der Waals surface area contributed by atoms with E-state index in [0.717, 1.165) is 18.2 Å². The molecule has 3 rings (SSSR count). The minimum atomic E-state index is -1.44. The van der Waals surface area contributed by atoms with Gasteiger partial charge in [-0.15, -0.1) is 11.8 Å². The Morgan fingerprint density at radius 2 is 1.33 bits per heavy atom. The monoisotopic (exact) mass is 508 g/mol. The van der Waals surface area contributed by atoms with E-state index in [0.29, 0.717) is 16.3 Å². The van der Waals surface area contributed by atoms with Crippen LogP contribution in [0.25, 0.3) is 0 Å². The van der Waals surface area contributed by atoms with E-state index in [1.807, 2.05) is 0 Å². The van der Waals surface area contributed by atoms with E-state index in [-0.39, 0.29) is 22.6 Å². The first-order chi connectivity index (χ1) is 17.0. The van der Waals surface area contributed by atoms with Crippen molar-refractivity contribution in [1.29, 1.82) is 0 Å². The van der Waals surface area contributed by atoms with Crippen molar-refractivity contribution in [3.8, 4) is 0 Å². The molecule has 0 aliphatic heterocycles. The first-order valence-corrected chi connectivity index (χ1v) is 11.3. The van der Waals surface area contributed by atoms with Crippen LogP contribution in [-0.4, -0.2) is 50.3 Å². The molecule has 0 aliphatic carbocycles. The normalized spacial score (nSPS) is 11.2. The molecule has 0 fully saturated rings. The quantitative estimate of drug-likeness (QED) is 0.266. The van der Waals surface area contributed by atoms with E-state index in [1.165, 1.54) is 36.0 Å². The lowest BCUT2D eigenvalue weighted by Crippen LogP contribution is -2.22. The topological polar surface area (TPSA) is 170 Å². The van der Waals surface area contributed by atoms with Gasteiger partial charge in [-0.3, -0.25) is 9.59 Å². The van der Waals surface area contributed by atoms with Crippen molar-refractivity contribution in [2.24, 2.45) is 0 Å². The number of amides is 2. The van der Waals surface area contributed by atoms with E-state index in [9.17, 15) is 29.1 Å². The predicted molar refractivity (Wildman–Crippen MR) is 132 cm³/mol. The van der Waals surface area contributed by atoms with E-state index in [1.54, 1.807) is 31.2 Å². The zero-order valence-corrected chi connectivity index (χ0v) is 19.5. The van der Waals surface area contributed by atoms with Crippen molar-refractivity contribution < 1.29 is 39.3 Å². The van der Waals surface area contributed by atoms with Crippen LogP contribution in [0.15, 0.2) is 71.6 Å². The molecule has 0 spiro atoms. The maximum absolute atomic E-state index is 12.7. The molecule has 184 valence electrons. The number of carboxylic acid groups (broad SMARTS) is 3. The number of aromatic carboxylic acids is 3. The highest BCUT2D eigenvalue weighted by Gasteiger charge is 2.20. The van der Waals surface area contributed by atoms with E-state index < -0.39 is 34.6 Å². The van der Waals surface area contributed by atoms with Crippen LogP contribution in [0.5, 0.6) is 0 Å². The van der Waals surface area contributed by atoms with Crippen LogP contribution >= 0.6 is 11.8 Å². The minimum absolute atomic E-state index is 0.0996. The molecule has 36 heavy (non-hydrogen) atoms. The SMILES string of the molecule is CC(Sc1cccc(NC(=O)c2ccc(C(=O)O)cc2C(=O)O)c1)C(=O)Nc1ccc(C(=O)O)cc1. The lowest BCUT2D eigenvalue weighted by molar-refractivity contribution is -0.115. The van der Waals surface area contributed by atoms with Gasteiger partial charge in [0.25, 0.3) is 5.91 Å². The average molecular weight is 509 g/mol. The molecule has 2 amide bonds. The number of hydrogen-bond donors (Lipinski definition) is 5. The summed E-state index contributed by atoms with van der Waals surface area (Å²) >= 11 is 1.21. The van der Waals surface area contributed by atoms with Crippen molar-refractivity contribution >= 4 is 52.9 Å². The molecular weight excluding hydrogens is 488 g/mol. The van der Waals surface area contributed by atoms with Crippen LogP contribution in [0, 0.1) is 0 Å². The molecule has 0 saturated heterocycles. The summed E-state index contributed by atoms with van der Waals surface area (Å²) in [5.41, 5.74) is -0.0102. The summed E-state index contributed by atoms with van der Waals surface area (Å²) in [5, 5.41) is 32.2. The molecule has 0 aliphatic rings. The molecule has 0 heterocycles. The highest BCUT2D eigenvalue weighted by molar-refractivity contribution is 8.00. The molecule has 3 aromatic rings. The smallest absolute Gasteiger partial charge is 0.336 e. The molecule has 10 nitrogen and oxygen atoms in total. The lowest BCUT2D eigenvalue weighted by Gasteiger charge is -2.13. The summed E-state index contributed by atoms with van der Waals surface area (Å²) in [4.78, 5) is 59.5. The van der Waals surface area contributed by atoms with Gasteiger partial charge in [0, 0.05) is 16.3 Å². The number of carbonyl (C=O) groups is 5. The van der Waals surface area contributed by atoms with Gasteiger partial charge in [-0.2, -0.15) is 0 Å². The fourth-order valence-corrected chi connectivity index (χ4v) is 4.02. The first-order valence-electron chi connectivity index (χ1n) is 10.4. The van der Waals surface area contributed by atoms with Crippen molar-refractivity contribution in [1.82, 2.24) is 0 Å². The summed E-state index contributed by atoms with van der Waals surface area (Å²) in [7, 11) is 0. The second kappa shape index (κ2) is 11.2. The molecule has 5 N–H and O–H groups in total. The van der Waals surface area contributed by atoms with Crippen molar-refractivity contribution in [3.63, 3.8) is 0 Å². The van der Waals surface area contributed by atoms with Gasteiger partial charge < -0.3 is 26.0 Å². The molecule has 3 aromatic carbocycles. The largest absolute Gasteiger partial charge is 0.478 e. The molecule has 0 bridgehead atoms. The average Bonchev–Trinajstić information content (AvgIpc) is 2.84. The summed E-state index contributed by atoms with van der Waals surface area (Å²) in [6.45, 7) is 1.68. The molecule has 1 unspecified atom stereocenters. The standard InChI is InChI=1S/C25H20N2O8S/c1-13(21(28)26-16-8-5-14(6-9-16)23(30)31)36-18-4-2-3-17(12-18)27-22(29)19-10-7-15(24(32)33)11-20(19)25(34)35/h2-13H,1H3,(H,26,28)(H,27,29)(H,30,31)(H,32,33)(H,34,35). The number of rotatable bonds is 9. The Morgan fingerprint density at radius 3 is 1.94 bits per heavy atom. The Labute approximate surface area is 209 Å². The number of carbonyl (C=O) groups excluding carboxylic acids is 2. The van der Waals surface area contributed by atoms with Gasteiger partial charge in [-0.25, -0.2) is 14.4 Å². The molecular formula is C25H20N2O8S. The molecule has 0 saturated carbocycles. The Balaban J connectivity index is 1.68. The van der Waals surface area contributed by atoms with E-state index in [2.05, 4.69) is 10.6 Å². The second-order valence-electron chi connectivity index (χ2n) is 7.48. The van der Waals surface area contributed by atoms with Gasteiger partial charge in [-0.05, 0) is 67.6 Å². The molecule has 0 radical (unpaired) electrons. The predicted octanol–water partition coefficient (Wildman–Crippen LogP) is 4.15. The summed E-state index contributed by atoms with van der Waals surface area (Å²) < 4.78 is 0. The zero-order chi connectivity index (χ0) is 26.4. The highest BCUT2D eigenvalue weighted by atomic mass is 32.2. The maximum atomic E-state index is 12.7. The van der Waals surface area contributed by atoms with Gasteiger partial charge in [0.2, 0.25) is 5.91 Å². The van der Waals surface area contributed by atoms with Crippen LogP contribution in [-0.2, 0) is 4.79 Å². The first kappa shape index (κ1) is 26.0. The summed E-state index contributed by atoms with van der Waals surface area (Å²) in [6, 6.07) is 15.5. The third-order valence-electron chi connectivity index (χ3n) is 4.91. The Bertz CT molecular complexity index is 1350. The van der Waals surface area contributed by atoms with Gasteiger partial charge in [0.15, 0.2) is 0 Å². The number of nitrogens with one attached hydrogen (secondary N) is 2. The fraction of sp³-hybridized carbons (Fsp3) is 0.0800. The van der Waals surface area contributed by atoms with Gasteiger partial charge in [0.05, 0.1) is 27.5 Å². The van der Waals surface area contributed by atoms with Crippen LogP contribution in [0.1, 0.15) is 48.4 Å². The third-order valence-corrected chi connectivity index (χ3v) is 6.01. The fourth-order valence-electron chi connectivity index (χ4n) is 3.10. The van der Waals surface area contributed by atoms with Crippen molar-refractivity contribution in [3.05, 3.63) is 89.0 Å². The van der Waals surface area contributed by atoms with Gasteiger partial charge >= 0.3 is 17.9 Å². The highest BCUT2D eigenvalue weighted by Crippen LogP contribution is 2.27. The van der Waals surface area contributed by atoms with Crippen LogP contribution in [0.2, 0.25) is 0 Å². The van der Waals surface area contributed by atoms with Gasteiger partial charge in [0.1, 0.15) is 0 Å². The molecule has 0 aromatic heterocycles. The van der Waals surface area contributed by atoms with Crippen LogP contribution in [0.4, 0.5) is 11.4 Å². The number of benzene rings is 3. The molecule has 1 atom stereocenters. The lowest BCUT2D eigenvalue weighted by atomic mass is 10.0. The van der Waals surface area contributed by atoms with Crippen LogP contribution in [0.3, 0.4) is 0 Å². The Hall–Kier alpha value is -4.64. The van der Waals surface area contributed by atoms with E-state index in [4.69, 9.17) is 10.2 Å². The van der Waals surface area contributed by atoms with Gasteiger partial charge in [-0.1, -0.05) is 6.07 Å². The Morgan fingerprint density at radius 1 is 0.694 bits per heavy atom. The number of hydrogen-bond acceptors (Lipinski definition) is 6. The van der Waals surface area contributed by atoms with Crippen molar-refractivity contribution in [2.75, 3.05) is 10.6 Å². The number of carboxylic acids is 3. The third kappa shape index (κ3) is 6.48. The maximum Gasteiger partial charge on any atom is 0.336 e. The van der Waals surface area contributed by atoms with Crippen molar-refractivity contribution in [2.45, 2.75) is 17.1 Å². The summed E-state index contributed by atoms with van der Waals surface area (Å²) in [5.74, 6) is -4.88. The number of thioether (sulfide) groups is 1.